The Hall–Kier alpha value is -2.68. The Morgan fingerprint density at radius 3 is 2.86 bits per heavy atom. The van der Waals surface area contributed by atoms with Gasteiger partial charge in [0.25, 0.3) is 0 Å². The lowest BCUT2D eigenvalue weighted by Crippen LogP contribution is -1.92. The number of aromatic nitrogens is 1. The van der Waals surface area contributed by atoms with Crippen molar-refractivity contribution in [3.05, 3.63) is 60.3 Å². The summed E-state index contributed by atoms with van der Waals surface area (Å²) >= 11 is 0. The van der Waals surface area contributed by atoms with Crippen molar-refractivity contribution in [1.82, 2.24) is 4.98 Å². The molecule has 0 spiro atoms. The molecule has 4 rings (SSSR count). The number of allylic oxidation sites excluding steroid dienone is 1. The molecule has 0 bridgehead atoms. The summed E-state index contributed by atoms with van der Waals surface area (Å²) in [4.78, 5) is 3.46. The van der Waals surface area contributed by atoms with Gasteiger partial charge in [-0.3, -0.25) is 0 Å². The Morgan fingerprint density at radius 1 is 1.14 bits per heavy atom. The molecular weight excluding hydrogens is 274 g/mol. The van der Waals surface area contributed by atoms with Crippen LogP contribution in [0, 0.1) is 6.92 Å². The minimum atomic E-state index is 0.304. The summed E-state index contributed by atoms with van der Waals surface area (Å²) in [6.07, 6.45) is 2.77. The number of ether oxygens (including phenoxy) is 2. The Kier molecular flexibility index (Phi) is 2.93. The van der Waals surface area contributed by atoms with E-state index in [1.165, 1.54) is 22.2 Å². The zero-order valence-electron chi connectivity index (χ0n) is 12.5. The van der Waals surface area contributed by atoms with Gasteiger partial charge in [-0.2, -0.15) is 0 Å². The van der Waals surface area contributed by atoms with Gasteiger partial charge in [0.1, 0.15) is 0 Å². The van der Waals surface area contributed by atoms with Crippen molar-refractivity contribution in [2.45, 2.75) is 13.3 Å². The average Bonchev–Trinajstić information content (AvgIpc) is 3.11. The molecule has 1 N–H and O–H groups in total. The van der Waals surface area contributed by atoms with Crippen molar-refractivity contribution < 1.29 is 9.47 Å². The zero-order chi connectivity index (χ0) is 15.1. The van der Waals surface area contributed by atoms with Crippen molar-refractivity contribution in [2.24, 2.45) is 0 Å². The van der Waals surface area contributed by atoms with Crippen LogP contribution in [0.1, 0.15) is 11.3 Å². The van der Waals surface area contributed by atoms with E-state index in [1.54, 1.807) is 0 Å². The zero-order valence-corrected chi connectivity index (χ0v) is 12.5. The van der Waals surface area contributed by atoms with Crippen molar-refractivity contribution in [1.29, 1.82) is 0 Å². The Morgan fingerprint density at radius 2 is 2.00 bits per heavy atom. The van der Waals surface area contributed by atoms with Crippen LogP contribution in [-0.2, 0) is 6.42 Å². The van der Waals surface area contributed by atoms with Gasteiger partial charge in [-0.15, -0.1) is 6.58 Å². The van der Waals surface area contributed by atoms with Crippen LogP contribution in [-0.4, -0.2) is 11.8 Å². The van der Waals surface area contributed by atoms with Crippen LogP contribution in [0.25, 0.3) is 22.0 Å². The van der Waals surface area contributed by atoms with E-state index in [9.17, 15) is 0 Å². The molecule has 0 saturated heterocycles. The predicted octanol–water partition coefficient (Wildman–Crippen LogP) is 4.60. The topological polar surface area (TPSA) is 34.2 Å². The number of benzene rings is 2. The summed E-state index contributed by atoms with van der Waals surface area (Å²) < 4.78 is 10.9. The molecule has 0 fully saturated rings. The maximum Gasteiger partial charge on any atom is 0.231 e. The minimum Gasteiger partial charge on any atom is -0.454 e. The lowest BCUT2D eigenvalue weighted by Gasteiger charge is -2.08. The largest absolute Gasteiger partial charge is 0.454 e. The van der Waals surface area contributed by atoms with Crippen molar-refractivity contribution in [3.8, 4) is 22.6 Å². The summed E-state index contributed by atoms with van der Waals surface area (Å²) in [5.41, 5.74) is 5.93. The Balaban J connectivity index is 1.83. The molecule has 3 nitrogen and oxygen atoms in total. The van der Waals surface area contributed by atoms with Crippen LogP contribution in [0.4, 0.5) is 0 Å². The van der Waals surface area contributed by atoms with E-state index in [-0.39, 0.29) is 0 Å². The van der Waals surface area contributed by atoms with E-state index in [1.807, 2.05) is 18.2 Å². The second-order valence-corrected chi connectivity index (χ2v) is 5.61. The van der Waals surface area contributed by atoms with E-state index in [0.717, 1.165) is 29.0 Å². The molecule has 0 unspecified atom stereocenters. The van der Waals surface area contributed by atoms with E-state index in [2.05, 4.69) is 42.8 Å². The predicted molar refractivity (Wildman–Crippen MR) is 88.5 cm³/mol. The Bertz CT molecular complexity index is 877. The quantitative estimate of drug-likeness (QED) is 0.716. The summed E-state index contributed by atoms with van der Waals surface area (Å²) in [7, 11) is 0. The standard InChI is InChI=1S/C19H17NO2/c1-3-4-15-8-14-7-12(2)16(10-17(14)20-15)13-5-6-18-19(9-13)22-11-21-18/h3,5-10,20H,1,4,11H2,2H3. The number of aryl methyl sites for hydroxylation is 1. The molecule has 0 radical (unpaired) electrons. The van der Waals surface area contributed by atoms with Gasteiger partial charge in [-0.1, -0.05) is 12.1 Å². The van der Waals surface area contributed by atoms with Crippen LogP contribution in [0.3, 0.4) is 0 Å². The second kappa shape index (κ2) is 4.95. The van der Waals surface area contributed by atoms with Crippen LogP contribution in [0.5, 0.6) is 11.5 Å². The lowest BCUT2D eigenvalue weighted by atomic mass is 9.98. The highest BCUT2D eigenvalue weighted by atomic mass is 16.7. The number of aromatic amines is 1. The molecule has 0 saturated carbocycles. The van der Waals surface area contributed by atoms with E-state index in [4.69, 9.17) is 9.47 Å². The Labute approximate surface area is 129 Å². The number of nitrogens with one attached hydrogen (secondary N) is 1. The van der Waals surface area contributed by atoms with Crippen molar-refractivity contribution >= 4 is 10.9 Å². The van der Waals surface area contributed by atoms with Crippen LogP contribution in [0.2, 0.25) is 0 Å². The summed E-state index contributed by atoms with van der Waals surface area (Å²) in [6.45, 7) is 6.24. The molecule has 0 amide bonds. The fraction of sp³-hybridized carbons (Fsp3) is 0.158. The first-order valence-electron chi connectivity index (χ1n) is 7.38. The average molecular weight is 291 g/mol. The van der Waals surface area contributed by atoms with Gasteiger partial charge < -0.3 is 14.5 Å². The molecule has 0 atom stereocenters. The number of rotatable bonds is 3. The van der Waals surface area contributed by atoms with E-state index < -0.39 is 0 Å². The lowest BCUT2D eigenvalue weighted by molar-refractivity contribution is 0.174. The first-order chi connectivity index (χ1) is 10.7. The number of fused-ring (bicyclic) bond motifs is 2. The summed E-state index contributed by atoms with van der Waals surface area (Å²) in [5, 5.41) is 1.24. The summed E-state index contributed by atoms with van der Waals surface area (Å²) in [5.74, 6) is 1.63. The highest BCUT2D eigenvalue weighted by Gasteiger charge is 2.15. The van der Waals surface area contributed by atoms with Gasteiger partial charge >= 0.3 is 0 Å². The number of H-pyrrole nitrogens is 1. The van der Waals surface area contributed by atoms with Gasteiger partial charge in [0.15, 0.2) is 11.5 Å². The van der Waals surface area contributed by atoms with Crippen LogP contribution < -0.4 is 9.47 Å². The molecule has 1 aliphatic heterocycles. The monoisotopic (exact) mass is 291 g/mol. The third-order valence-corrected chi connectivity index (χ3v) is 4.07. The smallest absolute Gasteiger partial charge is 0.231 e. The normalized spacial score (nSPS) is 12.8. The fourth-order valence-electron chi connectivity index (χ4n) is 3.00. The number of hydrogen-bond donors (Lipinski definition) is 1. The molecule has 0 aliphatic carbocycles. The molecule has 2 heterocycles. The molecule has 110 valence electrons. The first-order valence-corrected chi connectivity index (χ1v) is 7.38. The molecular formula is C19H17NO2. The first kappa shape index (κ1) is 13.0. The molecule has 3 aromatic rings. The SMILES string of the molecule is C=CCc1cc2cc(C)c(-c3ccc4c(c3)OCO4)cc2[nH]1. The van der Waals surface area contributed by atoms with Gasteiger partial charge in [0.2, 0.25) is 6.79 Å². The van der Waals surface area contributed by atoms with Gasteiger partial charge in [0, 0.05) is 17.6 Å². The van der Waals surface area contributed by atoms with Gasteiger partial charge in [-0.05, 0) is 59.3 Å². The summed E-state index contributed by atoms with van der Waals surface area (Å²) in [6, 6.07) is 12.7. The van der Waals surface area contributed by atoms with Crippen LogP contribution in [0.15, 0.2) is 49.1 Å². The minimum absolute atomic E-state index is 0.304. The van der Waals surface area contributed by atoms with Crippen LogP contribution >= 0.6 is 0 Å². The second-order valence-electron chi connectivity index (χ2n) is 5.61. The van der Waals surface area contributed by atoms with Gasteiger partial charge in [0.05, 0.1) is 0 Å². The van der Waals surface area contributed by atoms with E-state index >= 15 is 0 Å². The fourth-order valence-corrected chi connectivity index (χ4v) is 3.00. The molecule has 2 aromatic carbocycles. The third-order valence-electron chi connectivity index (χ3n) is 4.07. The van der Waals surface area contributed by atoms with Gasteiger partial charge in [-0.25, -0.2) is 0 Å². The number of hydrogen-bond acceptors (Lipinski definition) is 2. The molecule has 1 aromatic heterocycles. The molecule has 22 heavy (non-hydrogen) atoms. The third kappa shape index (κ3) is 2.06. The molecule has 3 heteroatoms. The maximum atomic E-state index is 5.48. The highest BCUT2D eigenvalue weighted by molar-refractivity contribution is 5.88. The molecule has 1 aliphatic rings. The maximum absolute atomic E-state index is 5.48. The van der Waals surface area contributed by atoms with E-state index in [0.29, 0.717) is 6.79 Å². The van der Waals surface area contributed by atoms with Crippen molar-refractivity contribution in [3.63, 3.8) is 0 Å². The highest BCUT2D eigenvalue weighted by Crippen LogP contribution is 2.37. The van der Waals surface area contributed by atoms with Crippen molar-refractivity contribution in [2.75, 3.05) is 6.79 Å².